The Bertz CT molecular complexity index is 218. The summed E-state index contributed by atoms with van der Waals surface area (Å²) in [5.74, 6) is 0.961. The molecule has 0 unspecified atom stereocenters. The maximum atomic E-state index is 5.72. The van der Waals surface area contributed by atoms with Gasteiger partial charge >= 0.3 is 0 Å². The van der Waals surface area contributed by atoms with Crippen LogP contribution in [0.5, 0.6) is 5.75 Å². The fourth-order valence-electron chi connectivity index (χ4n) is 0.793. The van der Waals surface area contributed by atoms with Crippen molar-refractivity contribution in [2.24, 2.45) is 0 Å². The van der Waals surface area contributed by atoms with Crippen LogP contribution in [0, 0.1) is 6.07 Å². The molecule has 1 rings (SSSR count). The van der Waals surface area contributed by atoms with Gasteiger partial charge in [-0.15, -0.1) is 0 Å². The number of rotatable bonds is 2. The molecule has 69 valence electrons. The summed E-state index contributed by atoms with van der Waals surface area (Å²) in [5, 5.41) is 0. The molecule has 0 fully saturated rings. The third kappa shape index (κ3) is 4.73. The molecule has 1 aromatic carbocycles. The largest absolute Gasteiger partial charge is 0.544 e. The van der Waals surface area contributed by atoms with Gasteiger partial charge in [0, 0.05) is 21.1 Å². The van der Waals surface area contributed by atoms with E-state index in [1.54, 1.807) is 0 Å². The minimum atomic E-state index is -1.41. The molecule has 0 spiro atoms. The Balaban J connectivity index is 0.00000121. The minimum absolute atomic E-state index is 0. The van der Waals surface area contributed by atoms with Crippen LogP contribution in [0.3, 0.4) is 0 Å². The molecular formula is C9H13OPtSi. The van der Waals surface area contributed by atoms with Crippen molar-refractivity contribution in [2.45, 2.75) is 19.6 Å². The molecule has 0 atom stereocenters. The van der Waals surface area contributed by atoms with Gasteiger partial charge < -0.3 is 4.43 Å². The van der Waals surface area contributed by atoms with Gasteiger partial charge in [-0.1, -0.05) is 12.1 Å². The summed E-state index contributed by atoms with van der Waals surface area (Å²) >= 11 is 0. The monoisotopic (exact) mass is 360 g/mol. The van der Waals surface area contributed by atoms with Gasteiger partial charge in [0.05, 0.1) is 0 Å². The predicted octanol–water partition coefficient (Wildman–Crippen LogP) is 2.70. The smallest absolute Gasteiger partial charge is 0.242 e. The third-order valence-electron chi connectivity index (χ3n) is 1.11. The van der Waals surface area contributed by atoms with E-state index >= 15 is 0 Å². The zero-order chi connectivity index (χ0) is 8.32. The van der Waals surface area contributed by atoms with Crippen LogP contribution < -0.4 is 4.43 Å². The maximum Gasteiger partial charge on any atom is 0.242 e. The van der Waals surface area contributed by atoms with Gasteiger partial charge in [0.15, 0.2) is 0 Å². The summed E-state index contributed by atoms with van der Waals surface area (Å²) in [4.78, 5) is 0. The first-order valence-corrected chi connectivity index (χ1v) is 7.14. The van der Waals surface area contributed by atoms with Gasteiger partial charge in [-0.2, -0.15) is 0 Å². The van der Waals surface area contributed by atoms with E-state index < -0.39 is 8.32 Å². The quantitative estimate of drug-likeness (QED) is 0.737. The molecule has 1 radical (unpaired) electrons. The Labute approximate surface area is 89.5 Å². The molecule has 0 amide bonds. The second-order valence-electron chi connectivity index (χ2n) is 3.45. The van der Waals surface area contributed by atoms with Crippen LogP contribution >= 0.6 is 0 Å². The molecule has 0 saturated carbocycles. The fraction of sp³-hybridized carbons (Fsp3) is 0.333. The van der Waals surface area contributed by atoms with E-state index in [0.29, 0.717) is 0 Å². The van der Waals surface area contributed by atoms with E-state index in [1.165, 1.54) is 0 Å². The van der Waals surface area contributed by atoms with E-state index in [2.05, 4.69) is 25.7 Å². The molecule has 0 aromatic heterocycles. The zero-order valence-electron chi connectivity index (χ0n) is 7.53. The normalized spacial score (nSPS) is 10.2. The van der Waals surface area contributed by atoms with Gasteiger partial charge in [-0.05, 0) is 37.8 Å². The average molecular weight is 360 g/mol. The summed E-state index contributed by atoms with van der Waals surface area (Å²) in [6, 6.07) is 10.6. The molecular weight excluding hydrogens is 347 g/mol. The van der Waals surface area contributed by atoms with Crippen molar-refractivity contribution in [1.29, 1.82) is 0 Å². The van der Waals surface area contributed by atoms with Crippen LogP contribution in [-0.2, 0) is 21.1 Å². The van der Waals surface area contributed by atoms with E-state index in [4.69, 9.17) is 4.43 Å². The molecule has 3 heteroatoms. The topological polar surface area (TPSA) is 9.23 Å². The average Bonchev–Trinajstić information content (AvgIpc) is 1.85. The molecule has 0 aliphatic rings. The minimum Gasteiger partial charge on any atom is -0.544 e. The Morgan fingerprint density at radius 3 is 2.08 bits per heavy atom. The van der Waals surface area contributed by atoms with Crippen molar-refractivity contribution in [1.82, 2.24) is 0 Å². The fourth-order valence-corrected chi connectivity index (χ4v) is 1.64. The third-order valence-corrected chi connectivity index (χ3v) is 1.96. The summed E-state index contributed by atoms with van der Waals surface area (Å²) in [6.45, 7) is 6.51. The SMILES string of the molecule is C[Si](C)(C)Oc1cc[c]cc1.[Pt]. The van der Waals surface area contributed by atoms with Crippen LogP contribution in [-0.4, -0.2) is 8.32 Å². The van der Waals surface area contributed by atoms with Crippen LogP contribution in [0.15, 0.2) is 24.3 Å². The summed E-state index contributed by atoms with van der Waals surface area (Å²) in [7, 11) is -1.41. The molecule has 0 aliphatic carbocycles. The standard InChI is InChI=1S/C9H13OSi.Pt/c1-11(2,3)10-9-7-5-4-6-8-9;/h5-8H,1-3H3;. The first kappa shape index (κ1) is 11.9. The molecule has 0 N–H and O–H groups in total. The zero-order valence-corrected chi connectivity index (χ0v) is 10.8. The maximum absolute atomic E-state index is 5.72. The van der Waals surface area contributed by atoms with Crippen molar-refractivity contribution in [3.8, 4) is 5.75 Å². The first-order chi connectivity index (χ1) is 5.08. The van der Waals surface area contributed by atoms with Crippen molar-refractivity contribution in [3.05, 3.63) is 30.3 Å². The second kappa shape index (κ2) is 4.83. The van der Waals surface area contributed by atoms with Crippen molar-refractivity contribution < 1.29 is 25.5 Å². The first-order valence-electron chi connectivity index (χ1n) is 3.73. The van der Waals surface area contributed by atoms with Crippen molar-refractivity contribution >= 4 is 8.32 Å². The van der Waals surface area contributed by atoms with Crippen LogP contribution in [0.1, 0.15) is 0 Å². The summed E-state index contributed by atoms with van der Waals surface area (Å²) in [5.41, 5.74) is 0. The van der Waals surface area contributed by atoms with Crippen molar-refractivity contribution in [2.75, 3.05) is 0 Å². The van der Waals surface area contributed by atoms with Gasteiger partial charge in [0.2, 0.25) is 8.32 Å². The number of benzene rings is 1. The van der Waals surface area contributed by atoms with E-state index in [1.807, 2.05) is 24.3 Å². The second-order valence-corrected chi connectivity index (χ2v) is 7.88. The van der Waals surface area contributed by atoms with E-state index in [-0.39, 0.29) is 21.1 Å². The molecule has 0 bridgehead atoms. The molecule has 1 nitrogen and oxygen atoms in total. The molecule has 0 saturated heterocycles. The van der Waals surface area contributed by atoms with Gasteiger partial charge in [0.25, 0.3) is 0 Å². The molecule has 0 heterocycles. The Morgan fingerprint density at radius 1 is 1.17 bits per heavy atom. The molecule has 0 aliphatic heterocycles. The molecule has 12 heavy (non-hydrogen) atoms. The van der Waals surface area contributed by atoms with Crippen LogP contribution in [0.2, 0.25) is 19.6 Å². The van der Waals surface area contributed by atoms with Gasteiger partial charge in [-0.3, -0.25) is 0 Å². The van der Waals surface area contributed by atoms with E-state index in [0.717, 1.165) is 5.75 Å². The summed E-state index contributed by atoms with van der Waals surface area (Å²) in [6.07, 6.45) is 0. The number of hydrogen-bond acceptors (Lipinski definition) is 1. The van der Waals surface area contributed by atoms with Crippen LogP contribution in [0.4, 0.5) is 0 Å². The predicted molar refractivity (Wildman–Crippen MR) is 49.3 cm³/mol. The number of hydrogen-bond donors (Lipinski definition) is 0. The van der Waals surface area contributed by atoms with Crippen LogP contribution in [0.25, 0.3) is 0 Å². The van der Waals surface area contributed by atoms with Gasteiger partial charge in [-0.25, -0.2) is 0 Å². The Kier molecular flexibility index (Phi) is 4.80. The summed E-state index contributed by atoms with van der Waals surface area (Å²) < 4.78 is 5.72. The van der Waals surface area contributed by atoms with Crippen molar-refractivity contribution in [3.63, 3.8) is 0 Å². The van der Waals surface area contributed by atoms with E-state index in [9.17, 15) is 0 Å². The Morgan fingerprint density at radius 2 is 1.67 bits per heavy atom. The Hall–Kier alpha value is -0.0748. The molecule has 1 aromatic rings. The van der Waals surface area contributed by atoms with Gasteiger partial charge in [0.1, 0.15) is 5.75 Å².